The molecule has 0 saturated heterocycles. The molecule has 0 spiro atoms. The van der Waals surface area contributed by atoms with Gasteiger partial charge in [0.15, 0.2) is 0 Å². The lowest BCUT2D eigenvalue weighted by molar-refractivity contribution is -0.136. The first kappa shape index (κ1) is 19.0. The third-order valence-corrected chi connectivity index (χ3v) is 4.85. The summed E-state index contributed by atoms with van der Waals surface area (Å²) in [7, 11) is 0. The van der Waals surface area contributed by atoms with Gasteiger partial charge in [-0.25, -0.2) is 8.78 Å². The molecule has 0 aliphatic heterocycles. The Balaban J connectivity index is 1.66. The van der Waals surface area contributed by atoms with Gasteiger partial charge in [-0.15, -0.1) is 0 Å². The fourth-order valence-corrected chi connectivity index (χ4v) is 3.29. The van der Waals surface area contributed by atoms with E-state index in [1.54, 1.807) is 0 Å². The number of aryl methyl sites for hydroxylation is 1. The van der Waals surface area contributed by atoms with Crippen molar-refractivity contribution in [1.29, 1.82) is 0 Å². The van der Waals surface area contributed by atoms with Crippen molar-refractivity contribution in [2.24, 2.45) is 0 Å². The van der Waals surface area contributed by atoms with Crippen molar-refractivity contribution in [2.75, 3.05) is 5.32 Å². The van der Waals surface area contributed by atoms with Crippen LogP contribution in [0.1, 0.15) is 48.8 Å². The van der Waals surface area contributed by atoms with Crippen molar-refractivity contribution >= 4 is 17.5 Å². The maximum atomic E-state index is 13.8. The van der Waals surface area contributed by atoms with Gasteiger partial charge in [0.2, 0.25) is 0 Å². The maximum absolute atomic E-state index is 13.8. The summed E-state index contributed by atoms with van der Waals surface area (Å²) in [5, 5.41) is 5.23. The normalized spacial score (nSPS) is 18.3. The lowest BCUT2D eigenvalue weighted by Gasteiger charge is -2.16. The van der Waals surface area contributed by atoms with E-state index in [-0.39, 0.29) is 11.5 Å². The molecule has 27 heavy (non-hydrogen) atoms. The molecular formula is C21H22F2N2O2. The summed E-state index contributed by atoms with van der Waals surface area (Å²) in [5.41, 5.74) is 2.39. The smallest absolute Gasteiger partial charge is 0.313 e. The Hall–Kier alpha value is -2.76. The molecule has 2 unspecified atom stereocenters. The molecule has 0 heterocycles. The number of para-hydroxylation sites is 1. The van der Waals surface area contributed by atoms with Crippen LogP contribution < -0.4 is 10.6 Å². The van der Waals surface area contributed by atoms with Crippen LogP contribution in [0.25, 0.3) is 0 Å². The van der Waals surface area contributed by atoms with E-state index in [1.807, 2.05) is 39.0 Å². The monoisotopic (exact) mass is 372 g/mol. The van der Waals surface area contributed by atoms with Crippen molar-refractivity contribution in [1.82, 2.24) is 5.32 Å². The first-order chi connectivity index (χ1) is 12.8. The van der Waals surface area contributed by atoms with Gasteiger partial charge < -0.3 is 10.6 Å². The highest BCUT2D eigenvalue weighted by molar-refractivity contribution is 6.40. The van der Waals surface area contributed by atoms with Gasteiger partial charge in [-0.2, -0.15) is 0 Å². The van der Waals surface area contributed by atoms with E-state index >= 15 is 0 Å². The van der Waals surface area contributed by atoms with Crippen molar-refractivity contribution in [2.45, 2.75) is 45.1 Å². The molecule has 2 aromatic carbocycles. The fourth-order valence-electron chi connectivity index (χ4n) is 3.29. The summed E-state index contributed by atoms with van der Waals surface area (Å²) in [6.07, 6.45) is 0.401. The van der Waals surface area contributed by atoms with Crippen LogP contribution in [0.15, 0.2) is 36.4 Å². The number of hydrogen-bond acceptors (Lipinski definition) is 2. The van der Waals surface area contributed by atoms with Crippen LogP contribution in [0.5, 0.6) is 0 Å². The number of carbonyl (C=O) groups excluding carboxylic acids is 2. The summed E-state index contributed by atoms with van der Waals surface area (Å²) in [5.74, 6) is -3.14. The van der Waals surface area contributed by atoms with Crippen molar-refractivity contribution in [3.8, 4) is 0 Å². The van der Waals surface area contributed by atoms with Crippen molar-refractivity contribution in [3.05, 3.63) is 64.7 Å². The second-order valence-electron chi connectivity index (χ2n) is 7.21. The Bertz CT molecular complexity index is 875. The summed E-state index contributed by atoms with van der Waals surface area (Å²) in [6.45, 7) is 5.86. The van der Waals surface area contributed by atoms with E-state index in [9.17, 15) is 18.4 Å². The molecule has 0 bridgehead atoms. The van der Waals surface area contributed by atoms with Crippen LogP contribution in [0, 0.1) is 18.6 Å². The van der Waals surface area contributed by atoms with E-state index in [0.717, 1.165) is 11.1 Å². The zero-order chi connectivity index (χ0) is 19.7. The fraction of sp³-hybridized carbons (Fsp3) is 0.333. The second-order valence-corrected chi connectivity index (χ2v) is 7.21. The SMILES string of the molecule is Cc1cccc(C(C)C)c1NC(=O)C(=O)NC1CC1c1c(F)cccc1F. The minimum absolute atomic E-state index is 0.0378. The highest BCUT2D eigenvalue weighted by Crippen LogP contribution is 2.43. The van der Waals surface area contributed by atoms with E-state index in [0.29, 0.717) is 12.1 Å². The van der Waals surface area contributed by atoms with E-state index < -0.39 is 35.4 Å². The average Bonchev–Trinajstić information content (AvgIpc) is 3.34. The third-order valence-electron chi connectivity index (χ3n) is 4.85. The number of hydrogen-bond donors (Lipinski definition) is 2. The largest absolute Gasteiger partial charge is 0.344 e. The molecule has 2 atom stereocenters. The number of benzene rings is 2. The minimum atomic E-state index is -0.808. The van der Waals surface area contributed by atoms with Gasteiger partial charge >= 0.3 is 11.8 Å². The quantitative estimate of drug-likeness (QED) is 0.797. The molecule has 2 N–H and O–H groups in total. The van der Waals surface area contributed by atoms with Crippen LogP contribution in [-0.2, 0) is 9.59 Å². The van der Waals surface area contributed by atoms with Gasteiger partial charge in [0.25, 0.3) is 0 Å². The van der Waals surface area contributed by atoms with Crippen LogP contribution in [0.4, 0.5) is 14.5 Å². The highest BCUT2D eigenvalue weighted by atomic mass is 19.1. The standard InChI is InChI=1S/C21H22F2N2O2/c1-11(2)13-7-4-6-12(3)19(13)25-21(27)20(26)24-17-10-14(17)18-15(22)8-5-9-16(18)23/h4-9,11,14,17H,10H2,1-3H3,(H,24,26)(H,25,27). The summed E-state index contributed by atoms with van der Waals surface area (Å²) in [6, 6.07) is 8.89. The van der Waals surface area contributed by atoms with Gasteiger partial charge in [-0.05, 0) is 42.5 Å². The number of halogens is 2. The predicted molar refractivity (Wildman–Crippen MR) is 99.5 cm³/mol. The molecule has 4 nitrogen and oxygen atoms in total. The van der Waals surface area contributed by atoms with Crippen LogP contribution in [0.2, 0.25) is 0 Å². The Morgan fingerprint density at radius 1 is 1.04 bits per heavy atom. The van der Waals surface area contributed by atoms with Crippen LogP contribution >= 0.6 is 0 Å². The maximum Gasteiger partial charge on any atom is 0.313 e. The van der Waals surface area contributed by atoms with Crippen molar-refractivity contribution < 1.29 is 18.4 Å². The number of nitrogens with one attached hydrogen (secondary N) is 2. The first-order valence-electron chi connectivity index (χ1n) is 8.94. The molecule has 0 radical (unpaired) electrons. The van der Waals surface area contributed by atoms with Gasteiger partial charge in [-0.3, -0.25) is 9.59 Å². The Morgan fingerprint density at radius 2 is 1.67 bits per heavy atom. The molecule has 1 aliphatic carbocycles. The third kappa shape index (κ3) is 3.99. The molecule has 2 amide bonds. The number of rotatable bonds is 4. The lowest BCUT2D eigenvalue weighted by atomic mass is 9.98. The minimum Gasteiger partial charge on any atom is -0.344 e. The molecule has 2 aromatic rings. The molecular weight excluding hydrogens is 350 g/mol. The molecule has 6 heteroatoms. The molecule has 0 aromatic heterocycles. The van der Waals surface area contributed by atoms with Gasteiger partial charge in [-0.1, -0.05) is 38.1 Å². The Kier molecular flexibility index (Phi) is 5.26. The predicted octanol–water partition coefficient (Wildman–Crippen LogP) is 4.01. The summed E-state index contributed by atoms with van der Waals surface area (Å²) < 4.78 is 27.7. The highest BCUT2D eigenvalue weighted by Gasteiger charge is 2.43. The Labute approximate surface area is 157 Å². The zero-order valence-electron chi connectivity index (χ0n) is 15.5. The van der Waals surface area contributed by atoms with Crippen molar-refractivity contribution in [3.63, 3.8) is 0 Å². The van der Waals surface area contributed by atoms with Gasteiger partial charge in [0.1, 0.15) is 11.6 Å². The molecule has 1 aliphatic rings. The first-order valence-corrected chi connectivity index (χ1v) is 8.94. The van der Waals surface area contributed by atoms with Gasteiger partial charge in [0, 0.05) is 23.2 Å². The van der Waals surface area contributed by atoms with Crippen LogP contribution in [-0.4, -0.2) is 17.9 Å². The zero-order valence-corrected chi connectivity index (χ0v) is 15.5. The lowest BCUT2D eigenvalue weighted by Crippen LogP contribution is -2.37. The summed E-state index contributed by atoms with van der Waals surface area (Å²) in [4.78, 5) is 24.5. The van der Waals surface area contributed by atoms with Gasteiger partial charge in [0.05, 0.1) is 0 Å². The van der Waals surface area contributed by atoms with E-state index in [2.05, 4.69) is 10.6 Å². The molecule has 3 rings (SSSR count). The molecule has 142 valence electrons. The second kappa shape index (κ2) is 7.47. The number of anilines is 1. The van der Waals surface area contributed by atoms with Crippen LogP contribution in [0.3, 0.4) is 0 Å². The summed E-state index contributed by atoms with van der Waals surface area (Å²) >= 11 is 0. The topological polar surface area (TPSA) is 58.2 Å². The number of amides is 2. The average molecular weight is 372 g/mol. The molecule has 1 saturated carbocycles. The van der Waals surface area contributed by atoms with E-state index in [1.165, 1.54) is 18.2 Å². The Morgan fingerprint density at radius 3 is 2.30 bits per heavy atom. The number of carbonyl (C=O) groups is 2. The van der Waals surface area contributed by atoms with E-state index in [4.69, 9.17) is 0 Å². The molecule has 1 fully saturated rings.